The van der Waals surface area contributed by atoms with Crippen molar-refractivity contribution in [3.05, 3.63) is 54.1 Å². The quantitative estimate of drug-likeness (QED) is 0.786. The maximum absolute atomic E-state index is 11.8. The number of hydrogen-bond acceptors (Lipinski definition) is 2. The van der Waals surface area contributed by atoms with Crippen molar-refractivity contribution < 1.29 is 4.79 Å². The fourth-order valence-corrected chi connectivity index (χ4v) is 3.08. The van der Waals surface area contributed by atoms with Gasteiger partial charge in [0.1, 0.15) is 0 Å². The van der Waals surface area contributed by atoms with Crippen molar-refractivity contribution in [1.82, 2.24) is 0 Å². The molecule has 0 aliphatic rings. The zero-order valence-corrected chi connectivity index (χ0v) is 14.2. The fourth-order valence-electron chi connectivity index (χ4n) is 2.63. The molecule has 0 bridgehead atoms. The first kappa shape index (κ1) is 16.6. The monoisotopic (exact) mass is 313 g/mol. The lowest BCUT2D eigenvalue weighted by molar-refractivity contribution is -0.119. The normalized spacial score (nSPS) is 12.4. The van der Waals surface area contributed by atoms with Crippen LogP contribution < -0.4 is 5.73 Å². The summed E-state index contributed by atoms with van der Waals surface area (Å²) in [6, 6.07) is 16.6. The second kappa shape index (κ2) is 7.50. The zero-order chi connectivity index (χ0) is 16.1. The molecule has 2 N–H and O–H groups in total. The number of nitrogens with two attached hydrogens (primary N) is 1. The number of amides is 1. The van der Waals surface area contributed by atoms with E-state index in [0.29, 0.717) is 5.92 Å². The topological polar surface area (TPSA) is 43.1 Å². The van der Waals surface area contributed by atoms with Crippen molar-refractivity contribution in [2.24, 2.45) is 11.7 Å². The molecule has 2 aromatic rings. The molecular formula is C19H23NOS. The minimum absolute atomic E-state index is 0.219. The van der Waals surface area contributed by atoms with Crippen LogP contribution in [0.5, 0.6) is 0 Å². The molecule has 1 unspecified atom stereocenters. The van der Waals surface area contributed by atoms with E-state index in [1.807, 2.05) is 12.1 Å². The SMILES string of the molecule is CSc1cccc(-c2cccc(C(CC(C)C)C(N)=O)c2)c1. The third-order valence-corrected chi connectivity index (χ3v) is 4.47. The highest BCUT2D eigenvalue weighted by Gasteiger charge is 2.19. The Morgan fingerprint density at radius 2 is 1.73 bits per heavy atom. The highest BCUT2D eigenvalue weighted by molar-refractivity contribution is 7.98. The van der Waals surface area contributed by atoms with Crippen LogP contribution in [0.15, 0.2) is 53.4 Å². The van der Waals surface area contributed by atoms with Crippen LogP contribution in [-0.2, 0) is 4.79 Å². The second-order valence-corrected chi connectivity index (χ2v) is 6.82. The number of primary amides is 1. The minimum Gasteiger partial charge on any atom is -0.369 e. The predicted octanol–water partition coefficient (Wildman–Crippen LogP) is 4.69. The van der Waals surface area contributed by atoms with Crippen LogP contribution >= 0.6 is 11.8 Å². The molecule has 0 heterocycles. The molecule has 2 aromatic carbocycles. The Labute approximate surface area is 137 Å². The molecule has 0 spiro atoms. The molecule has 1 amide bonds. The molecule has 0 saturated heterocycles. The highest BCUT2D eigenvalue weighted by Crippen LogP contribution is 2.29. The summed E-state index contributed by atoms with van der Waals surface area (Å²) in [5, 5.41) is 0. The van der Waals surface area contributed by atoms with Gasteiger partial charge in [0.15, 0.2) is 0 Å². The van der Waals surface area contributed by atoms with E-state index in [9.17, 15) is 4.79 Å². The zero-order valence-electron chi connectivity index (χ0n) is 13.4. The maximum Gasteiger partial charge on any atom is 0.224 e. The third-order valence-electron chi connectivity index (χ3n) is 3.74. The van der Waals surface area contributed by atoms with Crippen molar-refractivity contribution in [2.75, 3.05) is 6.26 Å². The Bertz CT molecular complexity index is 651. The fraction of sp³-hybridized carbons (Fsp3) is 0.316. The molecule has 0 aliphatic heterocycles. The van der Waals surface area contributed by atoms with Gasteiger partial charge in [-0.1, -0.05) is 50.2 Å². The van der Waals surface area contributed by atoms with Gasteiger partial charge >= 0.3 is 0 Å². The van der Waals surface area contributed by atoms with Crippen molar-refractivity contribution >= 4 is 17.7 Å². The van der Waals surface area contributed by atoms with Gasteiger partial charge in [0, 0.05) is 4.90 Å². The average molecular weight is 313 g/mol. The van der Waals surface area contributed by atoms with Crippen molar-refractivity contribution in [3.8, 4) is 11.1 Å². The van der Waals surface area contributed by atoms with Gasteiger partial charge in [-0.05, 0) is 47.4 Å². The maximum atomic E-state index is 11.8. The summed E-state index contributed by atoms with van der Waals surface area (Å²) in [5.41, 5.74) is 8.91. The summed E-state index contributed by atoms with van der Waals surface area (Å²) in [7, 11) is 0. The van der Waals surface area contributed by atoms with Gasteiger partial charge in [0.05, 0.1) is 5.92 Å². The third kappa shape index (κ3) is 4.14. The Balaban J connectivity index is 2.38. The summed E-state index contributed by atoms with van der Waals surface area (Å²) in [6.45, 7) is 4.23. The van der Waals surface area contributed by atoms with Gasteiger partial charge < -0.3 is 5.73 Å². The van der Waals surface area contributed by atoms with Crippen molar-refractivity contribution in [2.45, 2.75) is 31.1 Å². The standard InChI is InChI=1S/C19H23NOS/c1-13(2)10-18(19(20)21)16-8-4-6-14(11-16)15-7-5-9-17(12-15)22-3/h4-9,11-13,18H,10H2,1-3H3,(H2,20,21). The summed E-state index contributed by atoms with van der Waals surface area (Å²) in [4.78, 5) is 13.0. The summed E-state index contributed by atoms with van der Waals surface area (Å²) < 4.78 is 0. The molecule has 0 fully saturated rings. The Morgan fingerprint density at radius 3 is 2.32 bits per heavy atom. The first-order valence-corrected chi connectivity index (χ1v) is 8.77. The number of thioether (sulfide) groups is 1. The van der Waals surface area contributed by atoms with E-state index < -0.39 is 0 Å². The molecule has 3 heteroatoms. The van der Waals surface area contributed by atoms with Gasteiger partial charge in [-0.2, -0.15) is 0 Å². The van der Waals surface area contributed by atoms with Gasteiger partial charge in [0.2, 0.25) is 5.91 Å². The number of hydrogen-bond donors (Lipinski definition) is 1. The summed E-state index contributed by atoms with van der Waals surface area (Å²) in [5.74, 6) is -0.0339. The molecule has 2 nitrogen and oxygen atoms in total. The number of rotatable bonds is 6. The average Bonchev–Trinajstić information content (AvgIpc) is 2.52. The molecule has 1 atom stereocenters. The van der Waals surface area contributed by atoms with Crippen LogP contribution in [0, 0.1) is 5.92 Å². The van der Waals surface area contributed by atoms with Crippen LogP contribution in [0.3, 0.4) is 0 Å². The lowest BCUT2D eigenvalue weighted by Crippen LogP contribution is -2.22. The minimum atomic E-state index is -0.247. The molecule has 116 valence electrons. The molecule has 0 aliphatic carbocycles. The second-order valence-electron chi connectivity index (χ2n) is 5.94. The Kier molecular flexibility index (Phi) is 5.67. The number of benzene rings is 2. The van der Waals surface area contributed by atoms with Crippen LogP contribution in [0.1, 0.15) is 31.7 Å². The van der Waals surface area contributed by atoms with Gasteiger partial charge in [-0.15, -0.1) is 11.8 Å². The highest BCUT2D eigenvalue weighted by atomic mass is 32.2. The molecule has 0 saturated carbocycles. The van der Waals surface area contributed by atoms with Gasteiger partial charge in [-0.25, -0.2) is 0 Å². The van der Waals surface area contributed by atoms with E-state index >= 15 is 0 Å². The largest absolute Gasteiger partial charge is 0.369 e. The molecule has 0 aromatic heterocycles. The lowest BCUT2D eigenvalue weighted by Gasteiger charge is -2.17. The van der Waals surface area contributed by atoms with E-state index in [4.69, 9.17) is 5.73 Å². The predicted molar refractivity (Wildman–Crippen MR) is 95.0 cm³/mol. The summed E-state index contributed by atoms with van der Waals surface area (Å²) >= 11 is 1.73. The van der Waals surface area contributed by atoms with Crippen molar-refractivity contribution in [1.29, 1.82) is 0 Å². The molecular weight excluding hydrogens is 290 g/mol. The number of carbonyl (C=O) groups excluding carboxylic acids is 1. The van der Waals surface area contributed by atoms with E-state index in [2.05, 4.69) is 56.5 Å². The van der Waals surface area contributed by atoms with Crippen LogP contribution in [0.2, 0.25) is 0 Å². The van der Waals surface area contributed by atoms with Crippen LogP contribution in [0.25, 0.3) is 11.1 Å². The summed E-state index contributed by atoms with van der Waals surface area (Å²) in [6.07, 6.45) is 2.85. The molecule has 2 rings (SSSR count). The Hall–Kier alpha value is -1.74. The van der Waals surface area contributed by atoms with E-state index in [-0.39, 0.29) is 11.8 Å². The number of carbonyl (C=O) groups is 1. The van der Waals surface area contributed by atoms with Crippen LogP contribution in [0.4, 0.5) is 0 Å². The van der Waals surface area contributed by atoms with E-state index in [1.165, 1.54) is 10.5 Å². The molecule has 22 heavy (non-hydrogen) atoms. The van der Waals surface area contributed by atoms with E-state index in [0.717, 1.165) is 17.5 Å². The first-order chi connectivity index (χ1) is 10.5. The van der Waals surface area contributed by atoms with Crippen molar-refractivity contribution in [3.63, 3.8) is 0 Å². The first-order valence-electron chi connectivity index (χ1n) is 7.55. The van der Waals surface area contributed by atoms with E-state index in [1.54, 1.807) is 11.8 Å². The van der Waals surface area contributed by atoms with Gasteiger partial charge in [0.25, 0.3) is 0 Å². The molecule has 0 radical (unpaired) electrons. The van der Waals surface area contributed by atoms with Gasteiger partial charge in [-0.3, -0.25) is 4.79 Å². The lowest BCUT2D eigenvalue weighted by atomic mass is 9.88. The smallest absolute Gasteiger partial charge is 0.224 e. The Morgan fingerprint density at radius 1 is 1.09 bits per heavy atom. The van der Waals surface area contributed by atoms with Crippen LogP contribution in [-0.4, -0.2) is 12.2 Å².